The van der Waals surface area contributed by atoms with Crippen molar-refractivity contribution < 1.29 is 0 Å². The average Bonchev–Trinajstić information content (AvgIpc) is 2.39. The van der Waals surface area contributed by atoms with Gasteiger partial charge >= 0.3 is 0 Å². The highest BCUT2D eigenvalue weighted by atomic mass is 14.9. The van der Waals surface area contributed by atoms with Gasteiger partial charge in [-0.1, -0.05) is 25.5 Å². The standard InChI is InChI=1S/C8H15BN/c1-4-9-5-2-8(1)3-6-10-7-8/h10H,1-7H2. The van der Waals surface area contributed by atoms with Crippen LogP contribution in [0.1, 0.15) is 19.3 Å². The van der Waals surface area contributed by atoms with Crippen molar-refractivity contribution >= 4 is 7.28 Å². The van der Waals surface area contributed by atoms with Gasteiger partial charge in [0, 0.05) is 6.54 Å². The molecule has 1 radical (unpaired) electrons. The zero-order valence-corrected chi connectivity index (χ0v) is 6.53. The molecule has 2 heterocycles. The van der Waals surface area contributed by atoms with Gasteiger partial charge in [-0.25, -0.2) is 0 Å². The van der Waals surface area contributed by atoms with Crippen LogP contribution in [0.2, 0.25) is 12.6 Å². The summed E-state index contributed by atoms with van der Waals surface area (Å²) in [4.78, 5) is 0. The molecule has 0 aliphatic carbocycles. The molecular formula is C8H15BN. The Bertz CT molecular complexity index is 110. The van der Waals surface area contributed by atoms with E-state index in [-0.39, 0.29) is 0 Å². The summed E-state index contributed by atoms with van der Waals surface area (Å²) in [5.41, 5.74) is 0.731. The Balaban J connectivity index is 1.98. The SMILES string of the molecule is [B]1CCC2(CC1)CCNC2. The van der Waals surface area contributed by atoms with Crippen LogP contribution in [0.5, 0.6) is 0 Å². The third-order valence-corrected chi connectivity index (χ3v) is 3.09. The molecule has 0 aromatic rings. The van der Waals surface area contributed by atoms with Crippen molar-refractivity contribution in [2.75, 3.05) is 13.1 Å². The van der Waals surface area contributed by atoms with Crippen LogP contribution in [0.4, 0.5) is 0 Å². The molecule has 1 nitrogen and oxygen atoms in total. The zero-order valence-electron chi connectivity index (χ0n) is 6.53. The fourth-order valence-electron chi connectivity index (χ4n) is 2.31. The van der Waals surface area contributed by atoms with Gasteiger partial charge < -0.3 is 5.32 Å². The molecule has 0 saturated carbocycles. The topological polar surface area (TPSA) is 12.0 Å². The Hall–Kier alpha value is 0.0249. The number of hydrogen-bond donors (Lipinski definition) is 1. The van der Waals surface area contributed by atoms with Crippen LogP contribution in [-0.4, -0.2) is 20.4 Å². The molecule has 55 valence electrons. The molecule has 0 amide bonds. The van der Waals surface area contributed by atoms with Gasteiger partial charge in [0.2, 0.25) is 0 Å². The van der Waals surface area contributed by atoms with Gasteiger partial charge in [-0.3, -0.25) is 0 Å². The van der Waals surface area contributed by atoms with E-state index in [1.165, 1.54) is 45.0 Å². The first-order chi connectivity index (χ1) is 4.91. The maximum Gasteiger partial charge on any atom is 0.109 e. The molecule has 2 heteroatoms. The van der Waals surface area contributed by atoms with Gasteiger partial charge in [0.25, 0.3) is 0 Å². The van der Waals surface area contributed by atoms with E-state index in [9.17, 15) is 0 Å². The van der Waals surface area contributed by atoms with E-state index in [4.69, 9.17) is 0 Å². The van der Waals surface area contributed by atoms with Gasteiger partial charge in [-0.2, -0.15) is 0 Å². The van der Waals surface area contributed by atoms with Crippen LogP contribution in [0.25, 0.3) is 0 Å². The maximum atomic E-state index is 3.47. The molecule has 10 heavy (non-hydrogen) atoms. The summed E-state index contributed by atoms with van der Waals surface area (Å²) >= 11 is 0. The van der Waals surface area contributed by atoms with Gasteiger partial charge in [0.1, 0.15) is 7.28 Å². The molecule has 1 N–H and O–H groups in total. The van der Waals surface area contributed by atoms with Crippen molar-refractivity contribution in [2.24, 2.45) is 5.41 Å². The minimum absolute atomic E-state index is 0.731. The fourth-order valence-corrected chi connectivity index (χ4v) is 2.31. The smallest absolute Gasteiger partial charge is 0.109 e. The summed E-state index contributed by atoms with van der Waals surface area (Å²) in [5.74, 6) is 0. The summed E-state index contributed by atoms with van der Waals surface area (Å²) in [6.45, 7) is 2.56. The quantitative estimate of drug-likeness (QED) is 0.495. The van der Waals surface area contributed by atoms with E-state index in [0.29, 0.717) is 0 Å². The van der Waals surface area contributed by atoms with E-state index < -0.39 is 0 Å². The van der Waals surface area contributed by atoms with Crippen LogP contribution in [0, 0.1) is 5.41 Å². The van der Waals surface area contributed by atoms with Crippen LogP contribution in [0.3, 0.4) is 0 Å². The van der Waals surface area contributed by atoms with E-state index in [1.807, 2.05) is 0 Å². The summed E-state index contributed by atoms with van der Waals surface area (Å²) in [6, 6.07) is 0. The maximum absolute atomic E-state index is 3.47. The van der Waals surface area contributed by atoms with Crippen LogP contribution < -0.4 is 5.32 Å². The Labute approximate surface area is 63.8 Å². The van der Waals surface area contributed by atoms with E-state index in [1.54, 1.807) is 0 Å². The number of rotatable bonds is 0. The highest BCUT2D eigenvalue weighted by molar-refractivity contribution is 6.35. The first kappa shape index (κ1) is 6.72. The second-order valence-electron chi connectivity index (χ2n) is 3.79. The number of hydrogen-bond acceptors (Lipinski definition) is 1. The molecule has 0 atom stereocenters. The number of nitrogens with one attached hydrogen (secondary N) is 1. The van der Waals surface area contributed by atoms with Gasteiger partial charge in [0.15, 0.2) is 0 Å². The normalized spacial score (nSPS) is 30.4. The molecule has 0 aromatic heterocycles. The van der Waals surface area contributed by atoms with Crippen molar-refractivity contribution in [1.29, 1.82) is 0 Å². The van der Waals surface area contributed by atoms with E-state index >= 15 is 0 Å². The first-order valence-electron chi connectivity index (χ1n) is 4.44. The summed E-state index contributed by atoms with van der Waals surface area (Å²) < 4.78 is 0. The first-order valence-corrected chi connectivity index (χ1v) is 4.44. The van der Waals surface area contributed by atoms with Crippen molar-refractivity contribution in [3.63, 3.8) is 0 Å². The van der Waals surface area contributed by atoms with Crippen LogP contribution in [0.15, 0.2) is 0 Å². The Morgan fingerprint density at radius 2 is 1.90 bits per heavy atom. The molecule has 2 aliphatic rings. The van der Waals surface area contributed by atoms with Crippen molar-refractivity contribution in [1.82, 2.24) is 5.32 Å². The lowest BCUT2D eigenvalue weighted by atomic mass is 9.56. The fraction of sp³-hybridized carbons (Fsp3) is 1.00. The monoisotopic (exact) mass is 136 g/mol. The Kier molecular flexibility index (Phi) is 1.73. The van der Waals surface area contributed by atoms with Crippen molar-refractivity contribution in [2.45, 2.75) is 31.9 Å². The molecule has 0 bridgehead atoms. The molecule has 1 spiro atoms. The Morgan fingerprint density at radius 3 is 2.50 bits per heavy atom. The van der Waals surface area contributed by atoms with Gasteiger partial charge in [-0.15, -0.1) is 0 Å². The lowest BCUT2D eigenvalue weighted by molar-refractivity contribution is 0.287. The summed E-state index contributed by atoms with van der Waals surface area (Å²) in [6.07, 6.45) is 7.05. The van der Waals surface area contributed by atoms with Gasteiger partial charge in [-0.05, 0) is 18.4 Å². The average molecular weight is 136 g/mol. The van der Waals surface area contributed by atoms with Crippen LogP contribution >= 0.6 is 0 Å². The van der Waals surface area contributed by atoms with E-state index in [0.717, 1.165) is 5.41 Å². The molecule has 2 aliphatic heterocycles. The van der Waals surface area contributed by atoms with Crippen molar-refractivity contribution in [3.8, 4) is 0 Å². The highest BCUT2D eigenvalue weighted by Crippen LogP contribution is 2.39. The Morgan fingerprint density at radius 1 is 1.10 bits per heavy atom. The highest BCUT2D eigenvalue weighted by Gasteiger charge is 2.34. The molecule has 2 saturated heterocycles. The summed E-state index contributed by atoms with van der Waals surface area (Å²) in [5, 5.41) is 3.47. The summed E-state index contributed by atoms with van der Waals surface area (Å²) in [7, 11) is 2.45. The van der Waals surface area contributed by atoms with Crippen LogP contribution in [-0.2, 0) is 0 Å². The molecule has 0 unspecified atom stereocenters. The second-order valence-corrected chi connectivity index (χ2v) is 3.79. The third kappa shape index (κ3) is 1.09. The molecule has 0 aromatic carbocycles. The molecular weight excluding hydrogens is 121 g/mol. The molecule has 2 rings (SSSR count). The van der Waals surface area contributed by atoms with Gasteiger partial charge in [0.05, 0.1) is 0 Å². The lowest BCUT2D eigenvalue weighted by Gasteiger charge is -2.31. The molecule has 2 fully saturated rings. The zero-order chi connectivity index (χ0) is 6.86. The third-order valence-electron chi connectivity index (χ3n) is 3.09. The predicted octanol–water partition coefficient (Wildman–Crippen LogP) is 1.30. The lowest BCUT2D eigenvalue weighted by Crippen LogP contribution is -2.27. The largest absolute Gasteiger partial charge is 0.316 e. The predicted molar refractivity (Wildman–Crippen MR) is 44.5 cm³/mol. The van der Waals surface area contributed by atoms with Crippen molar-refractivity contribution in [3.05, 3.63) is 0 Å². The minimum Gasteiger partial charge on any atom is -0.316 e. The second kappa shape index (κ2) is 2.57. The van der Waals surface area contributed by atoms with E-state index in [2.05, 4.69) is 12.6 Å². The minimum atomic E-state index is 0.731.